The SMILES string of the molecule is Cc1ccc(C(C)N(C)C(=O)CCCNC(=O)c2ccsc2)cc1. The smallest absolute Gasteiger partial charge is 0.252 e. The van der Waals surface area contributed by atoms with Crippen LogP contribution in [-0.2, 0) is 4.79 Å². The molecule has 0 fully saturated rings. The maximum Gasteiger partial charge on any atom is 0.252 e. The van der Waals surface area contributed by atoms with E-state index in [4.69, 9.17) is 0 Å². The minimum atomic E-state index is -0.0786. The third kappa shape index (κ3) is 4.93. The summed E-state index contributed by atoms with van der Waals surface area (Å²) < 4.78 is 0. The molecule has 128 valence electrons. The van der Waals surface area contributed by atoms with Crippen LogP contribution in [0.5, 0.6) is 0 Å². The summed E-state index contributed by atoms with van der Waals surface area (Å²) in [6.45, 7) is 4.59. The van der Waals surface area contributed by atoms with Crippen LogP contribution in [-0.4, -0.2) is 30.3 Å². The topological polar surface area (TPSA) is 49.4 Å². The van der Waals surface area contributed by atoms with E-state index in [-0.39, 0.29) is 17.9 Å². The predicted octanol–water partition coefficient (Wildman–Crippen LogP) is 3.79. The van der Waals surface area contributed by atoms with Crippen molar-refractivity contribution in [1.29, 1.82) is 0 Å². The highest BCUT2D eigenvalue weighted by Gasteiger charge is 2.17. The molecule has 1 unspecified atom stereocenters. The first kappa shape index (κ1) is 18.2. The average Bonchev–Trinajstić information content (AvgIpc) is 3.12. The summed E-state index contributed by atoms with van der Waals surface area (Å²) in [6, 6.07) is 10.1. The Hall–Kier alpha value is -2.14. The van der Waals surface area contributed by atoms with Crippen LogP contribution in [0, 0.1) is 6.92 Å². The van der Waals surface area contributed by atoms with Crippen LogP contribution in [0.1, 0.15) is 47.3 Å². The van der Waals surface area contributed by atoms with Crippen LogP contribution < -0.4 is 5.32 Å². The van der Waals surface area contributed by atoms with E-state index in [2.05, 4.69) is 29.6 Å². The second kappa shape index (κ2) is 8.64. The molecular formula is C19H24N2O2S. The van der Waals surface area contributed by atoms with Crippen molar-refractivity contribution in [2.45, 2.75) is 32.7 Å². The largest absolute Gasteiger partial charge is 0.352 e. The van der Waals surface area contributed by atoms with Crippen molar-refractivity contribution in [2.75, 3.05) is 13.6 Å². The van der Waals surface area contributed by atoms with Gasteiger partial charge in [-0.15, -0.1) is 0 Å². The number of thiophene rings is 1. The highest BCUT2D eigenvalue weighted by molar-refractivity contribution is 7.08. The van der Waals surface area contributed by atoms with Crippen molar-refractivity contribution in [2.24, 2.45) is 0 Å². The van der Waals surface area contributed by atoms with Crippen molar-refractivity contribution in [3.05, 3.63) is 57.8 Å². The molecule has 0 aliphatic rings. The Morgan fingerprint density at radius 1 is 1.21 bits per heavy atom. The fourth-order valence-electron chi connectivity index (χ4n) is 2.40. The van der Waals surface area contributed by atoms with Crippen LogP contribution in [0.2, 0.25) is 0 Å². The molecule has 1 atom stereocenters. The molecule has 5 heteroatoms. The first-order valence-corrected chi connectivity index (χ1v) is 9.06. The van der Waals surface area contributed by atoms with Gasteiger partial charge in [-0.05, 0) is 37.3 Å². The second-order valence-corrected chi connectivity index (χ2v) is 6.74. The Morgan fingerprint density at radius 3 is 2.54 bits per heavy atom. The Kier molecular flexibility index (Phi) is 6.55. The number of carbonyl (C=O) groups is 2. The Labute approximate surface area is 147 Å². The average molecular weight is 344 g/mol. The van der Waals surface area contributed by atoms with Crippen molar-refractivity contribution in [1.82, 2.24) is 10.2 Å². The van der Waals surface area contributed by atoms with Gasteiger partial charge in [0, 0.05) is 31.0 Å². The molecule has 1 aromatic carbocycles. The molecular weight excluding hydrogens is 320 g/mol. The van der Waals surface area contributed by atoms with Gasteiger partial charge in [0.1, 0.15) is 0 Å². The van der Waals surface area contributed by atoms with Crippen molar-refractivity contribution in [3.8, 4) is 0 Å². The summed E-state index contributed by atoms with van der Waals surface area (Å²) in [6.07, 6.45) is 1.07. The zero-order valence-corrected chi connectivity index (χ0v) is 15.2. The van der Waals surface area contributed by atoms with E-state index in [1.165, 1.54) is 16.9 Å². The maximum atomic E-state index is 12.3. The van der Waals surface area contributed by atoms with Gasteiger partial charge in [-0.1, -0.05) is 29.8 Å². The number of nitrogens with one attached hydrogen (secondary N) is 1. The molecule has 1 aromatic heterocycles. The molecule has 0 saturated carbocycles. The van der Waals surface area contributed by atoms with Gasteiger partial charge >= 0.3 is 0 Å². The summed E-state index contributed by atoms with van der Waals surface area (Å²) in [5.41, 5.74) is 3.01. The fourth-order valence-corrected chi connectivity index (χ4v) is 3.03. The van der Waals surface area contributed by atoms with E-state index >= 15 is 0 Å². The van der Waals surface area contributed by atoms with Gasteiger partial charge in [0.05, 0.1) is 6.04 Å². The van der Waals surface area contributed by atoms with Crippen molar-refractivity contribution in [3.63, 3.8) is 0 Å². The number of amides is 2. The number of hydrogen-bond acceptors (Lipinski definition) is 3. The third-order valence-corrected chi connectivity index (χ3v) is 4.85. The molecule has 0 spiro atoms. The summed E-state index contributed by atoms with van der Waals surface area (Å²) in [5.74, 6) is 0.0120. The van der Waals surface area contributed by atoms with Crippen LogP contribution in [0.3, 0.4) is 0 Å². The van der Waals surface area contributed by atoms with Crippen LogP contribution >= 0.6 is 11.3 Å². The van der Waals surface area contributed by atoms with Crippen LogP contribution in [0.25, 0.3) is 0 Å². The van der Waals surface area contributed by atoms with Gasteiger partial charge in [0.25, 0.3) is 5.91 Å². The Bertz CT molecular complexity index is 665. The molecule has 0 bridgehead atoms. The summed E-state index contributed by atoms with van der Waals surface area (Å²) >= 11 is 1.50. The molecule has 4 nitrogen and oxygen atoms in total. The number of hydrogen-bond donors (Lipinski definition) is 1. The van der Waals surface area contributed by atoms with Gasteiger partial charge in [-0.3, -0.25) is 9.59 Å². The molecule has 2 amide bonds. The Morgan fingerprint density at radius 2 is 1.92 bits per heavy atom. The van der Waals surface area contributed by atoms with Crippen molar-refractivity contribution < 1.29 is 9.59 Å². The van der Waals surface area contributed by atoms with Crippen molar-refractivity contribution >= 4 is 23.2 Å². The lowest BCUT2D eigenvalue weighted by Gasteiger charge is -2.25. The minimum Gasteiger partial charge on any atom is -0.352 e. The van der Waals surface area contributed by atoms with E-state index in [0.29, 0.717) is 24.9 Å². The molecule has 1 heterocycles. The highest BCUT2D eigenvalue weighted by atomic mass is 32.1. The standard InChI is InChI=1S/C19H24N2O2S/c1-14-6-8-16(9-7-14)15(2)21(3)18(22)5-4-11-20-19(23)17-10-12-24-13-17/h6-10,12-13,15H,4-5,11H2,1-3H3,(H,20,23). The van der Waals surface area contributed by atoms with Gasteiger partial charge in [0.2, 0.25) is 5.91 Å². The predicted molar refractivity (Wildman–Crippen MR) is 98.3 cm³/mol. The third-order valence-electron chi connectivity index (χ3n) is 4.17. The normalized spacial score (nSPS) is 11.8. The van der Waals surface area contributed by atoms with Gasteiger partial charge in [-0.25, -0.2) is 0 Å². The summed E-state index contributed by atoms with van der Waals surface area (Å²) in [5, 5.41) is 6.54. The number of nitrogens with zero attached hydrogens (tertiary/aromatic N) is 1. The van der Waals surface area contributed by atoms with E-state index in [0.717, 1.165) is 5.56 Å². The lowest BCUT2D eigenvalue weighted by atomic mass is 10.1. The zero-order valence-electron chi connectivity index (χ0n) is 14.4. The van der Waals surface area contributed by atoms with Crippen LogP contribution in [0.4, 0.5) is 0 Å². The van der Waals surface area contributed by atoms with Crippen LogP contribution in [0.15, 0.2) is 41.1 Å². The number of rotatable bonds is 7. The van der Waals surface area contributed by atoms with E-state index in [1.54, 1.807) is 11.0 Å². The van der Waals surface area contributed by atoms with Gasteiger partial charge in [0.15, 0.2) is 0 Å². The molecule has 0 saturated heterocycles. The second-order valence-electron chi connectivity index (χ2n) is 5.96. The lowest BCUT2D eigenvalue weighted by Crippen LogP contribution is -2.31. The molecule has 2 rings (SSSR count). The summed E-state index contributed by atoms with van der Waals surface area (Å²) in [7, 11) is 1.83. The molecule has 24 heavy (non-hydrogen) atoms. The van der Waals surface area contributed by atoms with E-state index in [9.17, 15) is 9.59 Å². The minimum absolute atomic E-state index is 0.0403. The maximum absolute atomic E-state index is 12.3. The number of benzene rings is 1. The van der Waals surface area contributed by atoms with E-state index in [1.807, 2.05) is 31.7 Å². The monoisotopic (exact) mass is 344 g/mol. The quantitative estimate of drug-likeness (QED) is 0.777. The molecule has 0 aliphatic heterocycles. The van der Waals surface area contributed by atoms with Gasteiger partial charge in [-0.2, -0.15) is 11.3 Å². The molecule has 1 N–H and O–H groups in total. The van der Waals surface area contributed by atoms with E-state index < -0.39 is 0 Å². The molecule has 0 radical (unpaired) electrons. The van der Waals surface area contributed by atoms with Gasteiger partial charge < -0.3 is 10.2 Å². The lowest BCUT2D eigenvalue weighted by molar-refractivity contribution is -0.131. The fraction of sp³-hybridized carbons (Fsp3) is 0.368. The summed E-state index contributed by atoms with van der Waals surface area (Å²) in [4.78, 5) is 25.9. The molecule has 0 aliphatic carbocycles. The number of carbonyl (C=O) groups excluding carboxylic acids is 2. The highest BCUT2D eigenvalue weighted by Crippen LogP contribution is 2.20. The first-order valence-electron chi connectivity index (χ1n) is 8.11. The molecule has 2 aromatic rings. The number of aryl methyl sites for hydroxylation is 1. The first-order chi connectivity index (χ1) is 11.5. The Balaban J connectivity index is 1.75. The zero-order chi connectivity index (χ0) is 17.5.